The lowest BCUT2D eigenvalue weighted by Crippen LogP contribution is -1.97. The van der Waals surface area contributed by atoms with E-state index < -0.39 is 11.1 Å². The van der Waals surface area contributed by atoms with Crippen LogP contribution in [0.1, 0.15) is 5.76 Å². The lowest BCUT2D eigenvalue weighted by molar-refractivity contribution is 0.295. The van der Waals surface area contributed by atoms with Crippen molar-refractivity contribution in [2.45, 2.75) is 11.5 Å². The number of benzene rings is 1. The van der Waals surface area contributed by atoms with Gasteiger partial charge in [-0.05, 0) is 24.3 Å². The normalized spacial score (nSPS) is 12.5. The fourth-order valence-electron chi connectivity index (χ4n) is 1.11. The topological polar surface area (TPSA) is 39.4 Å². The van der Waals surface area contributed by atoms with Crippen LogP contribution in [0.25, 0.3) is 0 Å². The van der Waals surface area contributed by atoms with Crippen LogP contribution in [0.5, 0.6) is 0 Å². The highest BCUT2D eigenvalue weighted by atomic mass is 32.2. The Labute approximate surface area is 90.3 Å². The summed E-state index contributed by atoms with van der Waals surface area (Å²) in [6.45, 7) is 0.217. The van der Waals surface area contributed by atoms with Gasteiger partial charge in [-0.25, -0.2) is 4.21 Å². The Morgan fingerprint density at radius 3 is 2.60 bits per heavy atom. The summed E-state index contributed by atoms with van der Waals surface area (Å²) in [5.74, 6) is 0.666. The van der Waals surface area contributed by atoms with Gasteiger partial charge in [0.2, 0.25) is 0 Å². The van der Waals surface area contributed by atoms with Gasteiger partial charge in [0.15, 0.2) is 11.1 Å². The molecule has 1 atom stereocenters. The molecule has 78 valence electrons. The van der Waals surface area contributed by atoms with Gasteiger partial charge < -0.3 is 4.42 Å². The molecule has 1 unspecified atom stereocenters. The molecule has 0 saturated carbocycles. The third-order valence-electron chi connectivity index (χ3n) is 1.82. The van der Waals surface area contributed by atoms with Crippen LogP contribution in [0.3, 0.4) is 0 Å². The molecule has 3 nitrogen and oxygen atoms in total. The molecular formula is C11H10O3S. The molecule has 4 heteroatoms. The van der Waals surface area contributed by atoms with Crippen molar-refractivity contribution in [1.29, 1.82) is 0 Å². The molecular weight excluding hydrogens is 212 g/mol. The molecule has 0 spiro atoms. The van der Waals surface area contributed by atoms with E-state index in [0.717, 1.165) is 0 Å². The van der Waals surface area contributed by atoms with E-state index >= 15 is 0 Å². The molecule has 0 aliphatic rings. The van der Waals surface area contributed by atoms with E-state index in [2.05, 4.69) is 0 Å². The number of hydrogen-bond donors (Lipinski definition) is 0. The van der Waals surface area contributed by atoms with Crippen LogP contribution in [0, 0.1) is 0 Å². The fraction of sp³-hybridized carbons (Fsp3) is 0.0909. The quantitative estimate of drug-likeness (QED) is 0.798. The molecule has 0 fully saturated rings. The molecule has 0 amide bonds. The maximum atomic E-state index is 11.6. The summed E-state index contributed by atoms with van der Waals surface area (Å²) in [6.07, 6.45) is 1.56. The van der Waals surface area contributed by atoms with Crippen LogP contribution < -0.4 is 0 Å². The molecule has 2 aromatic rings. The average molecular weight is 222 g/mol. The van der Waals surface area contributed by atoms with Crippen molar-refractivity contribution < 1.29 is 12.8 Å². The molecule has 0 bridgehead atoms. The Balaban J connectivity index is 1.94. The van der Waals surface area contributed by atoms with Crippen LogP contribution in [0.2, 0.25) is 0 Å². The first kappa shape index (κ1) is 10.1. The van der Waals surface area contributed by atoms with Crippen LogP contribution >= 0.6 is 0 Å². The average Bonchev–Trinajstić information content (AvgIpc) is 2.80. The third-order valence-corrected chi connectivity index (χ3v) is 2.81. The second-order valence-corrected chi connectivity index (χ2v) is 4.07. The Kier molecular flexibility index (Phi) is 3.32. The van der Waals surface area contributed by atoms with Crippen molar-refractivity contribution in [2.75, 3.05) is 0 Å². The number of furan rings is 1. The highest BCUT2D eigenvalue weighted by molar-refractivity contribution is 7.80. The predicted octanol–water partition coefficient (Wildman–Crippen LogP) is 2.52. The van der Waals surface area contributed by atoms with E-state index in [9.17, 15) is 4.21 Å². The smallest absolute Gasteiger partial charge is 0.189 e. The maximum absolute atomic E-state index is 11.6. The second-order valence-electron chi connectivity index (χ2n) is 2.89. The SMILES string of the molecule is O=S(OCc1ccco1)c1ccccc1. The summed E-state index contributed by atoms with van der Waals surface area (Å²) in [4.78, 5) is 0.657. The lowest BCUT2D eigenvalue weighted by Gasteiger charge is -2.00. The van der Waals surface area contributed by atoms with E-state index in [1.54, 1.807) is 30.5 Å². The van der Waals surface area contributed by atoms with Gasteiger partial charge >= 0.3 is 0 Å². The first-order valence-electron chi connectivity index (χ1n) is 4.49. The van der Waals surface area contributed by atoms with Crippen LogP contribution in [-0.2, 0) is 21.9 Å². The van der Waals surface area contributed by atoms with E-state index in [1.807, 2.05) is 18.2 Å². The van der Waals surface area contributed by atoms with Gasteiger partial charge in [-0.3, -0.25) is 4.18 Å². The zero-order valence-corrected chi connectivity index (χ0v) is 8.78. The molecule has 1 heterocycles. The Morgan fingerprint density at radius 2 is 1.93 bits per heavy atom. The molecule has 1 aromatic heterocycles. The van der Waals surface area contributed by atoms with E-state index in [0.29, 0.717) is 10.7 Å². The molecule has 1 aromatic carbocycles. The van der Waals surface area contributed by atoms with Gasteiger partial charge in [-0.2, -0.15) is 0 Å². The van der Waals surface area contributed by atoms with Crippen LogP contribution in [0.4, 0.5) is 0 Å². The van der Waals surface area contributed by atoms with Crippen molar-refractivity contribution in [1.82, 2.24) is 0 Å². The van der Waals surface area contributed by atoms with Crippen molar-refractivity contribution >= 4 is 11.1 Å². The molecule has 0 aliphatic carbocycles. The highest BCUT2D eigenvalue weighted by Crippen LogP contribution is 2.10. The third kappa shape index (κ3) is 2.78. The zero-order chi connectivity index (χ0) is 10.5. The molecule has 2 rings (SSSR count). The van der Waals surface area contributed by atoms with Crippen molar-refractivity contribution in [3.05, 3.63) is 54.5 Å². The number of hydrogen-bond acceptors (Lipinski definition) is 3. The van der Waals surface area contributed by atoms with Crippen molar-refractivity contribution in [3.8, 4) is 0 Å². The van der Waals surface area contributed by atoms with Crippen molar-refractivity contribution in [3.63, 3.8) is 0 Å². The van der Waals surface area contributed by atoms with Gasteiger partial charge in [-0.15, -0.1) is 0 Å². The Hall–Kier alpha value is -1.39. The molecule has 15 heavy (non-hydrogen) atoms. The maximum Gasteiger partial charge on any atom is 0.189 e. The van der Waals surface area contributed by atoms with Crippen LogP contribution in [-0.4, -0.2) is 4.21 Å². The molecule has 0 radical (unpaired) electrons. The zero-order valence-electron chi connectivity index (χ0n) is 7.96. The first-order chi connectivity index (χ1) is 7.36. The summed E-state index contributed by atoms with van der Waals surface area (Å²) < 4.78 is 21.8. The largest absolute Gasteiger partial charge is 0.467 e. The Bertz CT molecular complexity index is 422. The fourth-order valence-corrected chi connectivity index (χ4v) is 1.84. The first-order valence-corrected chi connectivity index (χ1v) is 5.56. The number of rotatable bonds is 4. The summed E-state index contributed by atoms with van der Waals surface area (Å²) in [7, 11) is 0. The Morgan fingerprint density at radius 1 is 1.13 bits per heavy atom. The van der Waals surface area contributed by atoms with Crippen LogP contribution in [0.15, 0.2) is 58.0 Å². The summed E-state index contributed by atoms with van der Waals surface area (Å²) in [6, 6.07) is 12.6. The van der Waals surface area contributed by atoms with Gasteiger partial charge in [-0.1, -0.05) is 18.2 Å². The molecule has 0 aliphatic heterocycles. The van der Waals surface area contributed by atoms with Gasteiger partial charge in [0.05, 0.1) is 11.2 Å². The van der Waals surface area contributed by atoms with E-state index in [4.69, 9.17) is 8.60 Å². The monoisotopic (exact) mass is 222 g/mol. The van der Waals surface area contributed by atoms with Crippen molar-refractivity contribution in [2.24, 2.45) is 0 Å². The van der Waals surface area contributed by atoms with E-state index in [1.165, 1.54) is 0 Å². The summed E-state index contributed by atoms with van der Waals surface area (Å²) in [5.41, 5.74) is 0. The molecule has 0 saturated heterocycles. The minimum absolute atomic E-state index is 0.217. The highest BCUT2D eigenvalue weighted by Gasteiger charge is 2.04. The van der Waals surface area contributed by atoms with Gasteiger partial charge in [0.1, 0.15) is 12.4 Å². The molecule has 0 N–H and O–H groups in total. The van der Waals surface area contributed by atoms with Gasteiger partial charge in [0.25, 0.3) is 0 Å². The standard InChI is InChI=1S/C11H10O3S/c12-15(11-6-2-1-3-7-11)14-9-10-5-4-8-13-10/h1-8H,9H2. The second kappa shape index (κ2) is 4.91. The summed E-state index contributed by atoms with van der Waals surface area (Å²) in [5, 5.41) is 0. The lowest BCUT2D eigenvalue weighted by atomic mass is 10.4. The van der Waals surface area contributed by atoms with E-state index in [-0.39, 0.29) is 6.61 Å². The summed E-state index contributed by atoms with van der Waals surface area (Å²) >= 11 is -1.43. The minimum Gasteiger partial charge on any atom is -0.467 e. The minimum atomic E-state index is -1.43. The van der Waals surface area contributed by atoms with Gasteiger partial charge in [0, 0.05) is 0 Å². The predicted molar refractivity (Wildman–Crippen MR) is 56.3 cm³/mol.